The van der Waals surface area contributed by atoms with E-state index in [0.29, 0.717) is 6.10 Å². The number of ether oxygens (including phenoxy) is 1. The van der Waals surface area contributed by atoms with Gasteiger partial charge in [0.1, 0.15) is 11.9 Å². The molecule has 0 aromatic heterocycles. The molecule has 0 aliphatic carbocycles. The Morgan fingerprint density at radius 3 is 2.12 bits per heavy atom. The van der Waals surface area contributed by atoms with Gasteiger partial charge in [-0.1, -0.05) is 17.7 Å². The maximum Gasteiger partial charge on any atom is 0.125 e. The van der Waals surface area contributed by atoms with Gasteiger partial charge in [-0.2, -0.15) is 0 Å². The van der Waals surface area contributed by atoms with Gasteiger partial charge < -0.3 is 9.64 Å². The molecular formula is C15H23NO. The number of hydrogen-bond donors (Lipinski definition) is 0. The van der Waals surface area contributed by atoms with E-state index >= 15 is 0 Å². The predicted octanol–water partition coefficient (Wildman–Crippen LogP) is 3.08. The van der Waals surface area contributed by atoms with Crippen LogP contribution in [0.4, 0.5) is 0 Å². The first-order valence-electron chi connectivity index (χ1n) is 6.49. The quantitative estimate of drug-likeness (QED) is 0.778. The van der Waals surface area contributed by atoms with Gasteiger partial charge in [0.2, 0.25) is 0 Å². The lowest BCUT2D eigenvalue weighted by Gasteiger charge is -2.30. The molecule has 0 spiro atoms. The first kappa shape index (κ1) is 12.4. The molecule has 0 bridgehead atoms. The fourth-order valence-electron chi connectivity index (χ4n) is 2.62. The van der Waals surface area contributed by atoms with Crippen molar-refractivity contribution < 1.29 is 4.74 Å². The van der Waals surface area contributed by atoms with Crippen molar-refractivity contribution in [3.63, 3.8) is 0 Å². The summed E-state index contributed by atoms with van der Waals surface area (Å²) in [6.45, 7) is 8.72. The zero-order chi connectivity index (χ0) is 12.4. The third-order valence-electron chi connectivity index (χ3n) is 3.55. The van der Waals surface area contributed by atoms with Crippen molar-refractivity contribution in [2.75, 3.05) is 20.1 Å². The zero-order valence-corrected chi connectivity index (χ0v) is 11.4. The number of aryl methyl sites for hydroxylation is 3. The molecule has 17 heavy (non-hydrogen) atoms. The standard InChI is InChI=1S/C15H23NO/c1-11-9-12(2)15(13(3)10-11)17-14-5-7-16(4)8-6-14/h9-10,14H,5-8H2,1-4H3. The Hall–Kier alpha value is -1.02. The Bertz CT molecular complexity index is 369. The molecule has 0 N–H and O–H groups in total. The molecule has 1 aromatic rings. The van der Waals surface area contributed by atoms with E-state index in [-0.39, 0.29) is 0 Å². The molecule has 0 atom stereocenters. The highest BCUT2D eigenvalue weighted by molar-refractivity contribution is 5.43. The van der Waals surface area contributed by atoms with Crippen LogP contribution in [0.15, 0.2) is 12.1 Å². The van der Waals surface area contributed by atoms with Gasteiger partial charge in [-0.05, 0) is 51.8 Å². The second kappa shape index (κ2) is 5.09. The van der Waals surface area contributed by atoms with Crippen LogP contribution in [-0.4, -0.2) is 31.1 Å². The summed E-state index contributed by atoms with van der Waals surface area (Å²) in [7, 11) is 2.18. The van der Waals surface area contributed by atoms with Crippen molar-refractivity contribution in [1.82, 2.24) is 4.90 Å². The average molecular weight is 233 g/mol. The highest BCUT2D eigenvalue weighted by Crippen LogP contribution is 2.27. The molecule has 0 saturated carbocycles. The minimum absolute atomic E-state index is 0.395. The zero-order valence-electron chi connectivity index (χ0n) is 11.4. The van der Waals surface area contributed by atoms with Crippen LogP contribution in [0.1, 0.15) is 29.5 Å². The molecule has 2 rings (SSSR count). The first-order chi connectivity index (χ1) is 8.06. The van der Waals surface area contributed by atoms with Gasteiger partial charge >= 0.3 is 0 Å². The third kappa shape index (κ3) is 3.01. The van der Waals surface area contributed by atoms with Crippen molar-refractivity contribution in [2.45, 2.75) is 39.7 Å². The second-order valence-corrected chi connectivity index (χ2v) is 5.35. The smallest absolute Gasteiger partial charge is 0.125 e. The fraction of sp³-hybridized carbons (Fsp3) is 0.600. The van der Waals surface area contributed by atoms with Crippen LogP contribution in [0.5, 0.6) is 5.75 Å². The summed E-state index contributed by atoms with van der Waals surface area (Å²) in [5.41, 5.74) is 3.85. The van der Waals surface area contributed by atoms with E-state index in [1.165, 1.54) is 16.7 Å². The molecule has 1 fully saturated rings. The summed E-state index contributed by atoms with van der Waals surface area (Å²) >= 11 is 0. The highest BCUT2D eigenvalue weighted by Gasteiger charge is 2.19. The minimum atomic E-state index is 0.395. The SMILES string of the molecule is Cc1cc(C)c(OC2CCN(C)CC2)c(C)c1. The summed E-state index contributed by atoms with van der Waals surface area (Å²) in [4.78, 5) is 2.37. The van der Waals surface area contributed by atoms with E-state index in [1.54, 1.807) is 0 Å². The van der Waals surface area contributed by atoms with Gasteiger partial charge in [-0.3, -0.25) is 0 Å². The van der Waals surface area contributed by atoms with Gasteiger partial charge in [0.05, 0.1) is 0 Å². The molecule has 1 aliphatic heterocycles. The summed E-state index contributed by atoms with van der Waals surface area (Å²) in [6.07, 6.45) is 2.68. The predicted molar refractivity (Wildman–Crippen MR) is 71.8 cm³/mol. The van der Waals surface area contributed by atoms with Crippen LogP contribution in [0.3, 0.4) is 0 Å². The van der Waals surface area contributed by atoms with Crippen molar-refractivity contribution in [1.29, 1.82) is 0 Å². The van der Waals surface area contributed by atoms with E-state index in [1.807, 2.05) is 0 Å². The molecule has 0 radical (unpaired) electrons. The number of benzene rings is 1. The Labute approximate surface area is 105 Å². The van der Waals surface area contributed by atoms with E-state index in [0.717, 1.165) is 31.7 Å². The summed E-state index contributed by atoms with van der Waals surface area (Å²) in [5.74, 6) is 1.10. The van der Waals surface area contributed by atoms with Gasteiger partial charge in [0.25, 0.3) is 0 Å². The molecule has 1 saturated heterocycles. The average Bonchev–Trinajstić information content (AvgIpc) is 2.26. The summed E-state index contributed by atoms with van der Waals surface area (Å²) in [5, 5.41) is 0. The molecule has 0 unspecified atom stereocenters. The fourth-order valence-corrected chi connectivity index (χ4v) is 2.62. The van der Waals surface area contributed by atoms with E-state index in [9.17, 15) is 0 Å². The van der Waals surface area contributed by atoms with Crippen LogP contribution >= 0.6 is 0 Å². The number of rotatable bonds is 2. The lowest BCUT2D eigenvalue weighted by atomic mass is 10.1. The largest absolute Gasteiger partial charge is 0.490 e. The maximum atomic E-state index is 6.19. The first-order valence-corrected chi connectivity index (χ1v) is 6.49. The van der Waals surface area contributed by atoms with Crippen LogP contribution in [-0.2, 0) is 0 Å². The second-order valence-electron chi connectivity index (χ2n) is 5.35. The number of hydrogen-bond acceptors (Lipinski definition) is 2. The highest BCUT2D eigenvalue weighted by atomic mass is 16.5. The molecule has 94 valence electrons. The lowest BCUT2D eigenvalue weighted by molar-refractivity contribution is 0.113. The van der Waals surface area contributed by atoms with Crippen molar-refractivity contribution in [2.24, 2.45) is 0 Å². The Morgan fingerprint density at radius 2 is 1.59 bits per heavy atom. The monoisotopic (exact) mass is 233 g/mol. The molecule has 1 aromatic carbocycles. The number of nitrogens with zero attached hydrogens (tertiary/aromatic N) is 1. The Morgan fingerprint density at radius 1 is 1.06 bits per heavy atom. The molecule has 1 heterocycles. The summed E-state index contributed by atoms with van der Waals surface area (Å²) in [6, 6.07) is 4.41. The number of piperidine rings is 1. The maximum absolute atomic E-state index is 6.19. The topological polar surface area (TPSA) is 12.5 Å². The lowest BCUT2D eigenvalue weighted by Crippen LogP contribution is -2.35. The molecular weight excluding hydrogens is 210 g/mol. The van der Waals surface area contributed by atoms with E-state index < -0.39 is 0 Å². The molecule has 1 aliphatic rings. The van der Waals surface area contributed by atoms with Gasteiger partial charge in [-0.25, -0.2) is 0 Å². The third-order valence-corrected chi connectivity index (χ3v) is 3.55. The normalized spacial score (nSPS) is 18.4. The van der Waals surface area contributed by atoms with Crippen molar-refractivity contribution >= 4 is 0 Å². The minimum Gasteiger partial charge on any atom is -0.490 e. The van der Waals surface area contributed by atoms with Crippen molar-refractivity contribution in [3.8, 4) is 5.75 Å². The van der Waals surface area contributed by atoms with Gasteiger partial charge in [0, 0.05) is 13.1 Å². The Kier molecular flexibility index (Phi) is 3.72. The van der Waals surface area contributed by atoms with Crippen molar-refractivity contribution in [3.05, 3.63) is 28.8 Å². The number of likely N-dealkylation sites (tertiary alicyclic amines) is 1. The Balaban J connectivity index is 2.08. The summed E-state index contributed by atoms with van der Waals surface area (Å²) < 4.78 is 6.19. The van der Waals surface area contributed by atoms with Gasteiger partial charge in [-0.15, -0.1) is 0 Å². The molecule has 2 nitrogen and oxygen atoms in total. The van der Waals surface area contributed by atoms with Crippen LogP contribution in [0.25, 0.3) is 0 Å². The van der Waals surface area contributed by atoms with E-state index in [2.05, 4.69) is 44.9 Å². The van der Waals surface area contributed by atoms with Crippen LogP contribution in [0.2, 0.25) is 0 Å². The van der Waals surface area contributed by atoms with E-state index in [4.69, 9.17) is 4.74 Å². The molecule has 2 heteroatoms. The van der Waals surface area contributed by atoms with Gasteiger partial charge in [0.15, 0.2) is 0 Å². The molecule has 0 amide bonds. The van der Waals surface area contributed by atoms with Crippen LogP contribution in [0, 0.1) is 20.8 Å². The van der Waals surface area contributed by atoms with Crippen LogP contribution < -0.4 is 4.74 Å².